The van der Waals surface area contributed by atoms with Crippen LogP contribution in [0.2, 0.25) is 0 Å². The summed E-state index contributed by atoms with van der Waals surface area (Å²) >= 11 is 3.50. The van der Waals surface area contributed by atoms with Crippen molar-refractivity contribution in [3.05, 3.63) is 42.1 Å². The fourth-order valence-electron chi connectivity index (χ4n) is 2.31. The van der Waals surface area contributed by atoms with Gasteiger partial charge in [-0.1, -0.05) is 34.1 Å². The summed E-state index contributed by atoms with van der Waals surface area (Å²) in [6.45, 7) is 1.46. The number of likely N-dealkylation sites (tertiary alicyclic amines) is 1. The average molecular weight is 305 g/mol. The molecule has 2 heterocycles. The third-order valence-corrected chi connectivity index (χ3v) is 3.82. The lowest BCUT2D eigenvalue weighted by atomic mass is 10.1. The Morgan fingerprint density at radius 2 is 2.28 bits per heavy atom. The molecule has 3 rings (SSSR count). The summed E-state index contributed by atoms with van der Waals surface area (Å²) in [7, 11) is 0. The van der Waals surface area contributed by atoms with Gasteiger partial charge in [-0.25, -0.2) is 0 Å². The van der Waals surface area contributed by atoms with Crippen LogP contribution in [0.5, 0.6) is 0 Å². The molecule has 1 fully saturated rings. The van der Waals surface area contributed by atoms with Crippen LogP contribution in [0.3, 0.4) is 0 Å². The number of benzene rings is 1. The van der Waals surface area contributed by atoms with Gasteiger partial charge in [0.05, 0.1) is 5.52 Å². The van der Waals surface area contributed by atoms with Crippen molar-refractivity contribution in [3.63, 3.8) is 0 Å². The molecule has 1 unspecified atom stereocenters. The number of carbonyl (C=O) groups excluding carboxylic acids is 1. The van der Waals surface area contributed by atoms with Gasteiger partial charge in [-0.15, -0.1) is 0 Å². The molecule has 0 N–H and O–H groups in total. The molecule has 1 aliphatic heterocycles. The number of fused-ring (bicyclic) bond motifs is 1. The van der Waals surface area contributed by atoms with Gasteiger partial charge in [0.1, 0.15) is 0 Å². The Hall–Kier alpha value is -1.42. The molecular weight excluding hydrogens is 292 g/mol. The van der Waals surface area contributed by atoms with Crippen molar-refractivity contribution >= 4 is 32.7 Å². The van der Waals surface area contributed by atoms with Crippen molar-refractivity contribution in [3.8, 4) is 0 Å². The molecule has 1 aromatic heterocycles. The quantitative estimate of drug-likeness (QED) is 0.799. The number of rotatable bonds is 2. The minimum atomic E-state index is 0.220. The van der Waals surface area contributed by atoms with Crippen LogP contribution in [-0.2, 0) is 11.3 Å². The normalized spacial score (nSPS) is 19.7. The van der Waals surface area contributed by atoms with Gasteiger partial charge in [-0.3, -0.25) is 9.78 Å². The molecule has 1 saturated heterocycles. The molecule has 1 atom stereocenters. The van der Waals surface area contributed by atoms with E-state index in [2.05, 4.69) is 39.1 Å². The number of hydrogen-bond acceptors (Lipinski definition) is 2. The second kappa shape index (κ2) is 4.69. The number of halogens is 1. The molecule has 2 aromatic rings. The second-order valence-corrected chi connectivity index (χ2v) is 5.90. The Bertz CT molecular complexity index is 599. The highest BCUT2D eigenvalue weighted by molar-refractivity contribution is 9.09. The Balaban J connectivity index is 1.84. The summed E-state index contributed by atoms with van der Waals surface area (Å²) in [5, 5.41) is 1.13. The Morgan fingerprint density at radius 3 is 3.06 bits per heavy atom. The third kappa shape index (κ3) is 2.25. The Kier molecular flexibility index (Phi) is 3.04. The first kappa shape index (κ1) is 11.7. The SMILES string of the molecule is O=C1CC(Br)CN1Cc1ccc2cccnc2c1. The van der Waals surface area contributed by atoms with Crippen LogP contribution in [0.15, 0.2) is 36.5 Å². The van der Waals surface area contributed by atoms with Crippen molar-refractivity contribution < 1.29 is 4.79 Å². The molecule has 0 radical (unpaired) electrons. The molecule has 0 aliphatic carbocycles. The van der Waals surface area contributed by atoms with Crippen molar-refractivity contribution in [2.24, 2.45) is 0 Å². The summed E-state index contributed by atoms with van der Waals surface area (Å²) < 4.78 is 0. The smallest absolute Gasteiger partial charge is 0.224 e. The average Bonchev–Trinajstić information content (AvgIpc) is 2.68. The van der Waals surface area contributed by atoms with E-state index in [-0.39, 0.29) is 5.91 Å². The lowest BCUT2D eigenvalue weighted by Crippen LogP contribution is -2.24. The van der Waals surface area contributed by atoms with Crippen molar-refractivity contribution in [2.45, 2.75) is 17.8 Å². The zero-order valence-electron chi connectivity index (χ0n) is 9.84. The molecule has 1 aromatic carbocycles. The van der Waals surface area contributed by atoms with E-state index in [9.17, 15) is 4.79 Å². The van der Waals surface area contributed by atoms with Gasteiger partial charge < -0.3 is 4.90 Å². The van der Waals surface area contributed by atoms with Crippen LogP contribution in [0.4, 0.5) is 0 Å². The maximum absolute atomic E-state index is 11.7. The van der Waals surface area contributed by atoms with E-state index >= 15 is 0 Å². The molecule has 1 aliphatic rings. The maximum Gasteiger partial charge on any atom is 0.224 e. The monoisotopic (exact) mass is 304 g/mol. The fraction of sp³-hybridized carbons (Fsp3) is 0.286. The standard InChI is InChI=1S/C14H13BrN2O/c15-12-7-14(18)17(9-12)8-10-3-4-11-2-1-5-16-13(11)6-10/h1-6,12H,7-9H2. The largest absolute Gasteiger partial charge is 0.337 e. The summed E-state index contributed by atoms with van der Waals surface area (Å²) in [6.07, 6.45) is 2.40. The molecule has 0 spiro atoms. The van der Waals surface area contributed by atoms with Gasteiger partial charge in [0.2, 0.25) is 5.91 Å². The summed E-state index contributed by atoms with van der Waals surface area (Å²) in [5.74, 6) is 0.220. The molecular formula is C14H13BrN2O. The van der Waals surface area contributed by atoms with E-state index < -0.39 is 0 Å². The summed E-state index contributed by atoms with van der Waals surface area (Å²) in [6, 6.07) is 10.2. The Morgan fingerprint density at radius 1 is 1.39 bits per heavy atom. The lowest BCUT2D eigenvalue weighted by Gasteiger charge is -2.16. The van der Waals surface area contributed by atoms with Gasteiger partial charge >= 0.3 is 0 Å². The van der Waals surface area contributed by atoms with Gasteiger partial charge in [0.15, 0.2) is 0 Å². The molecule has 0 bridgehead atoms. The van der Waals surface area contributed by atoms with E-state index in [1.54, 1.807) is 6.20 Å². The van der Waals surface area contributed by atoms with Crippen molar-refractivity contribution in [2.75, 3.05) is 6.54 Å². The number of carbonyl (C=O) groups is 1. The van der Waals surface area contributed by atoms with Crippen LogP contribution >= 0.6 is 15.9 Å². The number of amides is 1. The fourth-order valence-corrected chi connectivity index (χ4v) is 2.93. The van der Waals surface area contributed by atoms with Gasteiger partial charge in [0, 0.05) is 35.9 Å². The highest BCUT2D eigenvalue weighted by Gasteiger charge is 2.27. The maximum atomic E-state index is 11.7. The Labute approximate surface area is 114 Å². The molecule has 3 nitrogen and oxygen atoms in total. The lowest BCUT2D eigenvalue weighted by molar-refractivity contribution is -0.128. The topological polar surface area (TPSA) is 33.2 Å². The molecule has 18 heavy (non-hydrogen) atoms. The highest BCUT2D eigenvalue weighted by Crippen LogP contribution is 2.21. The first-order valence-electron chi connectivity index (χ1n) is 5.98. The van der Waals surface area contributed by atoms with Gasteiger partial charge in [-0.05, 0) is 17.7 Å². The number of hydrogen-bond donors (Lipinski definition) is 0. The number of pyridine rings is 1. The molecule has 92 valence electrons. The van der Waals surface area contributed by atoms with Crippen molar-refractivity contribution in [1.29, 1.82) is 0 Å². The van der Waals surface area contributed by atoms with E-state index in [1.165, 1.54) is 0 Å². The minimum Gasteiger partial charge on any atom is -0.337 e. The number of aromatic nitrogens is 1. The van der Waals surface area contributed by atoms with Crippen LogP contribution in [0, 0.1) is 0 Å². The number of alkyl halides is 1. The minimum absolute atomic E-state index is 0.220. The van der Waals surface area contributed by atoms with E-state index in [4.69, 9.17) is 0 Å². The predicted molar refractivity (Wildman–Crippen MR) is 74.5 cm³/mol. The van der Waals surface area contributed by atoms with Gasteiger partial charge in [-0.2, -0.15) is 0 Å². The van der Waals surface area contributed by atoms with Crippen LogP contribution < -0.4 is 0 Å². The first-order chi connectivity index (χ1) is 8.72. The van der Waals surface area contributed by atoms with E-state index in [1.807, 2.05) is 17.0 Å². The molecule has 4 heteroatoms. The van der Waals surface area contributed by atoms with E-state index in [0.717, 1.165) is 23.0 Å². The zero-order valence-corrected chi connectivity index (χ0v) is 11.4. The third-order valence-electron chi connectivity index (χ3n) is 3.21. The summed E-state index contributed by atoms with van der Waals surface area (Å²) in [5.41, 5.74) is 2.12. The highest BCUT2D eigenvalue weighted by atomic mass is 79.9. The van der Waals surface area contributed by atoms with Gasteiger partial charge in [0.25, 0.3) is 0 Å². The van der Waals surface area contributed by atoms with Crippen molar-refractivity contribution in [1.82, 2.24) is 9.88 Å². The number of nitrogens with zero attached hydrogens (tertiary/aromatic N) is 2. The van der Waals surface area contributed by atoms with E-state index in [0.29, 0.717) is 17.8 Å². The first-order valence-corrected chi connectivity index (χ1v) is 6.89. The predicted octanol–water partition coefficient (Wildman–Crippen LogP) is 2.73. The van der Waals surface area contributed by atoms with Crippen LogP contribution in [-0.4, -0.2) is 27.2 Å². The second-order valence-electron chi connectivity index (χ2n) is 4.61. The summed E-state index contributed by atoms with van der Waals surface area (Å²) in [4.78, 5) is 18.3. The van der Waals surface area contributed by atoms with Crippen LogP contribution in [0.25, 0.3) is 10.9 Å². The van der Waals surface area contributed by atoms with Crippen LogP contribution in [0.1, 0.15) is 12.0 Å². The molecule has 0 saturated carbocycles. The zero-order chi connectivity index (χ0) is 12.5. The molecule has 1 amide bonds.